The number of nitrogens with zero attached hydrogens (tertiary/aromatic N) is 2. The summed E-state index contributed by atoms with van der Waals surface area (Å²) in [6, 6.07) is 4.07. The maximum absolute atomic E-state index is 5.77. The summed E-state index contributed by atoms with van der Waals surface area (Å²) in [7, 11) is 0. The van der Waals surface area contributed by atoms with Crippen molar-refractivity contribution >= 4 is 22.9 Å². The minimum atomic E-state index is 0.296. The third kappa shape index (κ3) is 3.01. The Morgan fingerprint density at radius 2 is 2.31 bits per heavy atom. The molecule has 0 aliphatic carbocycles. The van der Waals surface area contributed by atoms with Crippen molar-refractivity contribution in [2.45, 2.75) is 19.5 Å². The number of hydrogen-bond acceptors (Lipinski definition) is 4. The highest BCUT2D eigenvalue weighted by Gasteiger charge is 2.06. The van der Waals surface area contributed by atoms with E-state index in [9.17, 15) is 0 Å². The topological polar surface area (TPSA) is 37.8 Å². The third-order valence-electron chi connectivity index (χ3n) is 2.26. The van der Waals surface area contributed by atoms with Crippen molar-refractivity contribution < 1.29 is 0 Å². The van der Waals surface area contributed by atoms with Gasteiger partial charge in [-0.3, -0.25) is 9.97 Å². The third-order valence-corrected chi connectivity index (χ3v) is 3.44. The number of thiazole rings is 1. The molecule has 0 fully saturated rings. The van der Waals surface area contributed by atoms with Gasteiger partial charge >= 0.3 is 0 Å². The van der Waals surface area contributed by atoms with Gasteiger partial charge in [0, 0.05) is 29.9 Å². The van der Waals surface area contributed by atoms with Gasteiger partial charge in [0.15, 0.2) is 0 Å². The van der Waals surface area contributed by atoms with Crippen LogP contribution >= 0.6 is 22.9 Å². The normalized spacial score (nSPS) is 12.6. The van der Waals surface area contributed by atoms with Gasteiger partial charge in [0.2, 0.25) is 0 Å². The van der Waals surface area contributed by atoms with E-state index in [2.05, 4.69) is 22.2 Å². The van der Waals surface area contributed by atoms with Gasteiger partial charge in [-0.15, -0.1) is 11.3 Å². The molecule has 0 amide bonds. The summed E-state index contributed by atoms with van der Waals surface area (Å²) in [6.45, 7) is 2.85. The molecule has 0 spiro atoms. The maximum Gasteiger partial charge on any atom is 0.0794 e. The van der Waals surface area contributed by atoms with E-state index in [1.54, 1.807) is 17.5 Å². The van der Waals surface area contributed by atoms with E-state index < -0.39 is 0 Å². The Morgan fingerprint density at radius 1 is 1.44 bits per heavy atom. The van der Waals surface area contributed by atoms with Crippen LogP contribution in [0.25, 0.3) is 0 Å². The smallest absolute Gasteiger partial charge is 0.0794 e. The van der Waals surface area contributed by atoms with Gasteiger partial charge in [0.25, 0.3) is 0 Å². The van der Waals surface area contributed by atoms with Crippen LogP contribution in [0.5, 0.6) is 0 Å². The Balaban J connectivity index is 1.90. The molecular weight excluding hydrogens is 242 g/mol. The molecule has 1 N–H and O–H groups in total. The van der Waals surface area contributed by atoms with Gasteiger partial charge < -0.3 is 5.32 Å². The molecule has 2 aromatic rings. The van der Waals surface area contributed by atoms with Gasteiger partial charge in [-0.2, -0.15) is 0 Å². The quantitative estimate of drug-likeness (QED) is 0.910. The summed E-state index contributed by atoms with van der Waals surface area (Å²) in [5.41, 5.74) is 2.83. The minimum Gasteiger partial charge on any atom is -0.304 e. The molecule has 2 heterocycles. The Labute approximate surface area is 104 Å². The number of rotatable bonds is 4. The second kappa shape index (κ2) is 5.39. The van der Waals surface area contributed by atoms with E-state index in [1.165, 1.54) is 4.88 Å². The maximum atomic E-state index is 5.77. The molecule has 0 aliphatic rings. The van der Waals surface area contributed by atoms with Gasteiger partial charge in [-0.1, -0.05) is 11.6 Å². The van der Waals surface area contributed by atoms with Gasteiger partial charge in [0.05, 0.1) is 16.2 Å². The lowest BCUT2D eigenvalue weighted by Crippen LogP contribution is -2.17. The fraction of sp³-hybridized carbons (Fsp3) is 0.273. The molecule has 0 saturated heterocycles. The van der Waals surface area contributed by atoms with Crippen molar-refractivity contribution in [1.82, 2.24) is 15.3 Å². The largest absolute Gasteiger partial charge is 0.304 e. The van der Waals surface area contributed by atoms with E-state index in [0.717, 1.165) is 12.2 Å². The molecular formula is C11H12ClN3S. The molecule has 1 atom stereocenters. The highest BCUT2D eigenvalue weighted by atomic mass is 35.5. The van der Waals surface area contributed by atoms with Crippen LogP contribution in [0.1, 0.15) is 23.5 Å². The lowest BCUT2D eigenvalue weighted by molar-refractivity contribution is 0.575. The van der Waals surface area contributed by atoms with E-state index >= 15 is 0 Å². The first-order chi connectivity index (χ1) is 7.75. The molecule has 5 heteroatoms. The molecule has 1 unspecified atom stereocenters. The number of nitrogens with one attached hydrogen (secondary N) is 1. The fourth-order valence-corrected chi connectivity index (χ4v) is 2.07. The summed E-state index contributed by atoms with van der Waals surface area (Å²) >= 11 is 7.42. The zero-order valence-electron chi connectivity index (χ0n) is 8.85. The first-order valence-corrected chi connectivity index (χ1v) is 6.23. The van der Waals surface area contributed by atoms with Crippen LogP contribution in [0.15, 0.2) is 30.0 Å². The second-order valence-corrected chi connectivity index (χ2v) is 4.83. The highest BCUT2D eigenvalue weighted by molar-refractivity contribution is 7.09. The zero-order chi connectivity index (χ0) is 11.4. The molecule has 2 aromatic heterocycles. The summed E-state index contributed by atoms with van der Waals surface area (Å²) < 4.78 is 0. The SMILES string of the molecule is CC(NCc1ccc(Cl)cn1)c1cncs1. The van der Waals surface area contributed by atoms with Crippen LogP contribution in [0.3, 0.4) is 0 Å². The second-order valence-electron chi connectivity index (χ2n) is 3.47. The van der Waals surface area contributed by atoms with Crippen molar-refractivity contribution in [1.29, 1.82) is 0 Å². The van der Waals surface area contributed by atoms with Crippen LogP contribution in [0.2, 0.25) is 5.02 Å². The molecule has 3 nitrogen and oxygen atoms in total. The van der Waals surface area contributed by atoms with E-state index in [4.69, 9.17) is 11.6 Å². The first-order valence-electron chi connectivity index (χ1n) is 4.98. The van der Waals surface area contributed by atoms with Gasteiger partial charge in [0.1, 0.15) is 0 Å². The molecule has 0 saturated carbocycles. The van der Waals surface area contributed by atoms with E-state index in [1.807, 2.05) is 23.8 Å². The standard InChI is InChI=1S/C11H12ClN3S/c1-8(11-6-13-7-16-11)14-5-10-3-2-9(12)4-15-10/h2-4,6-8,14H,5H2,1H3. The molecule has 84 valence electrons. The molecule has 0 aromatic carbocycles. The molecule has 0 bridgehead atoms. The average molecular weight is 254 g/mol. The molecule has 0 aliphatic heterocycles. The lowest BCUT2D eigenvalue weighted by Gasteiger charge is -2.10. The summed E-state index contributed by atoms with van der Waals surface area (Å²) in [5, 5.41) is 4.05. The Bertz CT molecular complexity index is 427. The minimum absolute atomic E-state index is 0.296. The van der Waals surface area contributed by atoms with Crippen LogP contribution in [-0.2, 0) is 6.54 Å². The predicted molar refractivity (Wildman–Crippen MR) is 66.6 cm³/mol. The van der Waals surface area contributed by atoms with Gasteiger partial charge in [-0.25, -0.2) is 0 Å². The van der Waals surface area contributed by atoms with Crippen molar-refractivity contribution in [3.8, 4) is 0 Å². The predicted octanol–water partition coefficient (Wildman–Crippen LogP) is 3.04. The Morgan fingerprint density at radius 3 is 2.94 bits per heavy atom. The number of hydrogen-bond donors (Lipinski definition) is 1. The summed E-state index contributed by atoms with van der Waals surface area (Å²) in [6.07, 6.45) is 3.55. The average Bonchev–Trinajstić information content (AvgIpc) is 2.81. The summed E-state index contributed by atoms with van der Waals surface area (Å²) in [4.78, 5) is 9.51. The van der Waals surface area contributed by atoms with Gasteiger partial charge in [-0.05, 0) is 19.1 Å². The van der Waals surface area contributed by atoms with Crippen LogP contribution in [-0.4, -0.2) is 9.97 Å². The molecule has 16 heavy (non-hydrogen) atoms. The Kier molecular flexibility index (Phi) is 3.88. The van der Waals surface area contributed by atoms with Crippen LogP contribution in [0.4, 0.5) is 0 Å². The van der Waals surface area contributed by atoms with Crippen molar-refractivity contribution in [2.24, 2.45) is 0 Å². The molecule has 2 rings (SSSR count). The number of aromatic nitrogens is 2. The lowest BCUT2D eigenvalue weighted by atomic mass is 10.3. The number of halogens is 1. The van der Waals surface area contributed by atoms with Crippen LogP contribution < -0.4 is 5.32 Å². The number of pyridine rings is 1. The van der Waals surface area contributed by atoms with E-state index in [0.29, 0.717) is 11.1 Å². The molecule has 0 radical (unpaired) electrons. The van der Waals surface area contributed by atoms with Crippen molar-refractivity contribution in [2.75, 3.05) is 0 Å². The zero-order valence-corrected chi connectivity index (χ0v) is 10.4. The van der Waals surface area contributed by atoms with Crippen LogP contribution in [0, 0.1) is 0 Å². The monoisotopic (exact) mass is 253 g/mol. The van der Waals surface area contributed by atoms with Crippen molar-refractivity contribution in [3.05, 3.63) is 45.6 Å². The van der Waals surface area contributed by atoms with E-state index in [-0.39, 0.29) is 0 Å². The van der Waals surface area contributed by atoms with Crippen molar-refractivity contribution in [3.63, 3.8) is 0 Å². The Hall–Kier alpha value is -0.970. The highest BCUT2D eigenvalue weighted by Crippen LogP contribution is 2.16. The fourth-order valence-electron chi connectivity index (χ4n) is 1.31. The summed E-state index contributed by atoms with van der Waals surface area (Å²) in [5.74, 6) is 0. The first kappa shape index (κ1) is 11.5.